The highest BCUT2D eigenvalue weighted by Gasteiger charge is 2.12. The molecule has 1 heterocycles. The van der Waals surface area contributed by atoms with Crippen LogP contribution in [-0.2, 0) is 4.74 Å². The minimum Gasteiger partial charge on any atom is -0.508 e. The van der Waals surface area contributed by atoms with Gasteiger partial charge in [0.25, 0.3) is 0 Å². The first kappa shape index (κ1) is 13.1. The first-order chi connectivity index (χ1) is 10.2. The second kappa shape index (κ2) is 5.20. The number of ether oxygens (including phenoxy) is 1. The first-order valence-corrected chi connectivity index (χ1v) is 6.29. The van der Waals surface area contributed by atoms with Crippen LogP contribution in [0.1, 0.15) is 10.4 Å². The van der Waals surface area contributed by atoms with Crippen LogP contribution in [0.4, 0.5) is 0 Å². The number of nitrogens with zero attached hydrogens (tertiary/aromatic N) is 2. The van der Waals surface area contributed by atoms with Gasteiger partial charge in [0, 0.05) is 18.0 Å². The number of hydrogen-bond acceptors (Lipinski definition) is 5. The van der Waals surface area contributed by atoms with Crippen molar-refractivity contribution in [2.75, 3.05) is 7.11 Å². The summed E-state index contributed by atoms with van der Waals surface area (Å²) in [4.78, 5) is 19.8. The number of rotatable bonds is 2. The van der Waals surface area contributed by atoms with E-state index in [0.717, 1.165) is 21.9 Å². The molecule has 104 valence electrons. The maximum absolute atomic E-state index is 11.8. The molecule has 0 aliphatic heterocycles. The van der Waals surface area contributed by atoms with Crippen molar-refractivity contribution in [2.24, 2.45) is 0 Å². The molecule has 0 aliphatic rings. The number of methoxy groups -OCH3 is 1. The van der Waals surface area contributed by atoms with Gasteiger partial charge in [-0.2, -0.15) is 0 Å². The van der Waals surface area contributed by atoms with Crippen LogP contribution in [0.2, 0.25) is 0 Å². The van der Waals surface area contributed by atoms with Crippen molar-refractivity contribution < 1.29 is 14.6 Å². The van der Waals surface area contributed by atoms with Gasteiger partial charge >= 0.3 is 5.97 Å². The molecule has 5 heteroatoms. The van der Waals surface area contributed by atoms with Crippen molar-refractivity contribution in [3.05, 3.63) is 54.6 Å². The van der Waals surface area contributed by atoms with Gasteiger partial charge in [-0.05, 0) is 40.6 Å². The number of phenols is 1. The second-order valence-corrected chi connectivity index (χ2v) is 4.55. The molecule has 0 unspecified atom stereocenters. The minimum absolute atomic E-state index is 0.139. The Morgan fingerprint density at radius 3 is 2.62 bits per heavy atom. The lowest BCUT2D eigenvalue weighted by molar-refractivity contribution is 0.0601. The molecule has 0 radical (unpaired) electrons. The number of carbonyl (C=O) groups excluding carboxylic acids is 1. The number of carbonyl (C=O) groups is 1. The Morgan fingerprint density at radius 1 is 1.14 bits per heavy atom. The summed E-state index contributed by atoms with van der Waals surface area (Å²) in [6, 6.07) is 8.44. The van der Waals surface area contributed by atoms with Crippen LogP contribution in [0.3, 0.4) is 0 Å². The van der Waals surface area contributed by atoms with Crippen molar-refractivity contribution in [3.8, 4) is 16.9 Å². The zero-order chi connectivity index (χ0) is 14.8. The van der Waals surface area contributed by atoms with E-state index < -0.39 is 5.97 Å². The summed E-state index contributed by atoms with van der Waals surface area (Å²) in [6.45, 7) is 0. The Morgan fingerprint density at radius 2 is 1.90 bits per heavy atom. The average Bonchev–Trinajstić information content (AvgIpc) is 2.53. The summed E-state index contributed by atoms with van der Waals surface area (Å²) in [7, 11) is 1.33. The predicted molar refractivity (Wildman–Crippen MR) is 78.0 cm³/mol. The number of aromatic nitrogens is 2. The van der Waals surface area contributed by atoms with Crippen LogP contribution in [-0.4, -0.2) is 28.2 Å². The average molecular weight is 280 g/mol. The Kier molecular flexibility index (Phi) is 3.23. The molecule has 21 heavy (non-hydrogen) atoms. The number of aromatic hydroxyl groups is 1. The van der Waals surface area contributed by atoms with Crippen LogP contribution >= 0.6 is 0 Å². The van der Waals surface area contributed by atoms with Crippen LogP contribution in [0.5, 0.6) is 5.75 Å². The Hall–Kier alpha value is -2.95. The molecule has 0 fully saturated rings. The van der Waals surface area contributed by atoms with Gasteiger partial charge in [0.2, 0.25) is 0 Å². The van der Waals surface area contributed by atoms with Gasteiger partial charge in [-0.1, -0.05) is 6.07 Å². The van der Waals surface area contributed by atoms with Crippen molar-refractivity contribution in [1.82, 2.24) is 9.97 Å². The molecule has 1 N–H and O–H groups in total. The molecule has 5 nitrogen and oxygen atoms in total. The highest BCUT2D eigenvalue weighted by Crippen LogP contribution is 2.31. The zero-order valence-electron chi connectivity index (χ0n) is 11.3. The lowest BCUT2D eigenvalue weighted by Gasteiger charge is -2.09. The fraction of sp³-hybridized carbons (Fsp3) is 0.0625. The minimum atomic E-state index is -0.432. The zero-order valence-corrected chi connectivity index (χ0v) is 11.3. The quantitative estimate of drug-likeness (QED) is 0.731. The summed E-state index contributed by atoms with van der Waals surface area (Å²) in [6.07, 6.45) is 4.80. The fourth-order valence-corrected chi connectivity index (χ4v) is 2.27. The smallest absolute Gasteiger partial charge is 0.337 e. The van der Waals surface area contributed by atoms with Crippen molar-refractivity contribution in [3.63, 3.8) is 0 Å². The second-order valence-electron chi connectivity index (χ2n) is 4.55. The van der Waals surface area contributed by atoms with E-state index in [0.29, 0.717) is 5.56 Å². The van der Waals surface area contributed by atoms with Gasteiger partial charge in [-0.25, -0.2) is 14.8 Å². The summed E-state index contributed by atoms with van der Waals surface area (Å²) in [5.41, 5.74) is 2.02. The normalized spacial score (nSPS) is 10.5. The van der Waals surface area contributed by atoms with Crippen LogP contribution in [0.25, 0.3) is 21.9 Å². The van der Waals surface area contributed by atoms with Gasteiger partial charge < -0.3 is 9.84 Å². The van der Waals surface area contributed by atoms with E-state index in [9.17, 15) is 9.90 Å². The molecule has 1 aromatic heterocycles. The predicted octanol–water partition coefficient (Wildman–Crippen LogP) is 2.79. The maximum atomic E-state index is 11.8. The van der Waals surface area contributed by atoms with E-state index in [1.165, 1.54) is 13.4 Å². The number of fused-ring (bicyclic) bond motifs is 1. The third-order valence-electron chi connectivity index (χ3n) is 3.23. The van der Waals surface area contributed by atoms with Crippen LogP contribution in [0, 0.1) is 0 Å². The summed E-state index contributed by atoms with van der Waals surface area (Å²) < 4.78 is 4.77. The maximum Gasteiger partial charge on any atom is 0.337 e. The molecule has 3 aromatic rings. The van der Waals surface area contributed by atoms with Gasteiger partial charge in [0.1, 0.15) is 12.1 Å². The largest absolute Gasteiger partial charge is 0.508 e. The van der Waals surface area contributed by atoms with Crippen molar-refractivity contribution in [2.45, 2.75) is 0 Å². The van der Waals surface area contributed by atoms with Gasteiger partial charge in [-0.3, -0.25) is 0 Å². The summed E-state index contributed by atoms with van der Waals surface area (Å²) in [5, 5.41) is 11.3. The molecule has 0 aliphatic carbocycles. The van der Waals surface area contributed by atoms with Crippen molar-refractivity contribution >= 4 is 16.7 Å². The third-order valence-corrected chi connectivity index (χ3v) is 3.23. The van der Waals surface area contributed by atoms with Crippen molar-refractivity contribution in [1.29, 1.82) is 0 Å². The van der Waals surface area contributed by atoms with Gasteiger partial charge in [0.15, 0.2) is 0 Å². The van der Waals surface area contributed by atoms with Gasteiger partial charge in [-0.15, -0.1) is 0 Å². The van der Waals surface area contributed by atoms with Gasteiger partial charge in [0.05, 0.1) is 12.7 Å². The molecular formula is C16H12N2O3. The summed E-state index contributed by atoms with van der Waals surface area (Å²) >= 11 is 0. The highest BCUT2D eigenvalue weighted by atomic mass is 16.5. The lowest BCUT2D eigenvalue weighted by atomic mass is 9.97. The molecule has 2 aromatic carbocycles. The molecular weight excluding hydrogens is 268 g/mol. The van der Waals surface area contributed by atoms with E-state index in [-0.39, 0.29) is 5.75 Å². The summed E-state index contributed by atoms with van der Waals surface area (Å²) in [5.74, 6) is -0.293. The molecule has 3 rings (SSSR count). The monoisotopic (exact) mass is 280 g/mol. The Bertz CT molecular complexity index is 816. The number of esters is 1. The van der Waals surface area contributed by atoms with E-state index in [1.54, 1.807) is 42.7 Å². The number of phenolic OH excluding ortho intramolecular Hbond substituents is 1. The SMILES string of the molecule is COC(=O)c1cc(-c2cncnc2)c2ccc(O)cc2c1. The Balaban J connectivity index is 2.33. The molecule has 0 spiro atoms. The van der Waals surface area contributed by atoms with E-state index in [4.69, 9.17) is 4.74 Å². The van der Waals surface area contributed by atoms with E-state index >= 15 is 0 Å². The lowest BCUT2D eigenvalue weighted by Crippen LogP contribution is -2.01. The van der Waals surface area contributed by atoms with Crippen LogP contribution < -0.4 is 0 Å². The Labute approximate surface area is 120 Å². The molecule has 0 saturated carbocycles. The third kappa shape index (κ3) is 2.41. The molecule has 0 bridgehead atoms. The highest BCUT2D eigenvalue weighted by molar-refractivity contribution is 6.03. The first-order valence-electron chi connectivity index (χ1n) is 6.29. The number of hydrogen-bond donors (Lipinski definition) is 1. The molecule has 0 saturated heterocycles. The molecule has 0 amide bonds. The number of benzene rings is 2. The van der Waals surface area contributed by atoms with Crippen LogP contribution in [0.15, 0.2) is 49.1 Å². The molecule has 0 atom stereocenters. The topological polar surface area (TPSA) is 72.3 Å². The van der Waals surface area contributed by atoms with E-state index in [1.807, 2.05) is 0 Å². The standard InChI is InChI=1S/C16H12N2O3/c1-21-16(20)11-4-10-5-13(19)2-3-14(10)15(6-11)12-7-17-9-18-8-12/h2-9,19H,1H3. The fourth-order valence-electron chi connectivity index (χ4n) is 2.27. The van der Waals surface area contributed by atoms with E-state index in [2.05, 4.69) is 9.97 Å².